The smallest absolute Gasteiger partial charge is 0.251 e. The Morgan fingerprint density at radius 1 is 1.44 bits per heavy atom. The van der Waals surface area contributed by atoms with Gasteiger partial charge in [0.15, 0.2) is 5.78 Å². The van der Waals surface area contributed by atoms with Gasteiger partial charge in [0.1, 0.15) is 5.69 Å². The molecule has 0 atom stereocenters. The van der Waals surface area contributed by atoms with Gasteiger partial charge in [-0.05, 0) is 18.6 Å². The van der Waals surface area contributed by atoms with Crippen LogP contribution in [0.2, 0.25) is 0 Å². The van der Waals surface area contributed by atoms with Crippen LogP contribution in [0.25, 0.3) is 10.9 Å². The van der Waals surface area contributed by atoms with E-state index in [1.54, 1.807) is 12.3 Å². The van der Waals surface area contributed by atoms with E-state index in [0.29, 0.717) is 17.6 Å². The Balaban J connectivity index is 2.72. The van der Waals surface area contributed by atoms with Gasteiger partial charge in [0, 0.05) is 24.1 Å². The minimum atomic E-state index is -0.109. The number of Topliss-reactive ketones (excluding diaryl/α,β-unsaturated/α-hetero) is 1. The van der Waals surface area contributed by atoms with Crippen molar-refractivity contribution >= 4 is 16.7 Å². The lowest BCUT2D eigenvalue weighted by molar-refractivity contribution is 0.101. The Hall–Kier alpha value is -1.97. The summed E-state index contributed by atoms with van der Waals surface area (Å²) in [5.74, 6) is -0.109. The first-order chi connectivity index (χ1) is 7.61. The fourth-order valence-corrected chi connectivity index (χ4v) is 1.60. The highest BCUT2D eigenvalue weighted by molar-refractivity contribution is 5.95. The number of aromatic amines is 1. The van der Waals surface area contributed by atoms with Crippen LogP contribution in [0.3, 0.4) is 0 Å². The average molecular weight is 216 g/mol. The van der Waals surface area contributed by atoms with Crippen LogP contribution in [0.15, 0.2) is 23.1 Å². The molecule has 0 aliphatic rings. The number of nitrogens with one attached hydrogen (secondary N) is 1. The molecule has 2 rings (SSSR count). The maximum absolute atomic E-state index is 11.6. The topological polar surface area (TPSA) is 62.8 Å². The molecule has 2 aromatic heterocycles. The molecule has 0 aliphatic carbocycles. The molecule has 0 aromatic carbocycles. The second kappa shape index (κ2) is 3.89. The first kappa shape index (κ1) is 10.5. The molecular formula is C12H12N2O2. The lowest BCUT2D eigenvalue weighted by atomic mass is 10.1. The van der Waals surface area contributed by atoms with Gasteiger partial charge in [0.2, 0.25) is 0 Å². The van der Waals surface area contributed by atoms with E-state index in [0.717, 1.165) is 10.9 Å². The number of carbonyl (C=O) groups is 1. The Morgan fingerprint density at radius 3 is 2.81 bits per heavy atom. The van der Waals surface area contributed by atoms with Crippen molar-refractivity contribution in [1.82, 2.24) is 9.97 Å². The van der Waals surface area contributed by atoms with Gasteiger partial charge in [-0.3, -0.25) is 14.6 Å². The third-order valence-corrected chi connectivity index (χ3v) is 2.55. The molecule has 0 fully saturated rings. The Bertz CT molecular complexity index is 614. The number of fused-ring (bicyclic) bond motifs is 1. The fourth-order valence-electron chi connectivity index (χ4n) is 1.60. The van der Waals surface area contributed by atoms with E-state index in [1.807, 2.05) is 13.0 Å². The zero-order valence-electron chi connectivity index (χ0n) is 9.20. The molecule has 0 spiro atoms. The van der Waals surface area contributed by atoms with E-state index in [4.69, 9.17) is 0 Å². The highest BCUT2D eigenvalue weighted by Gasteiger charge is 2.05. The lowest BCUT2D eigenvalue weighted by Crippen LogP contribution is -2.11. The van der Waals surface area contributed by atoms with Crippen molar-refractivity contribution < 1.29 is 4.79 Å². The lowest BCUT2D eigenvalue weighted by Gasteiger charge is -2.02. The van der Waals surface area contributed by atoms with Crippen molar-refractivity contribution in [3.8, 4) is 0 Å². The minimum absolute atomic E-state index is 0.101. The summed E-state index contributed by atoms with van der Waals surface area (Å²) in [5, 5.41) is 0.849. The van der Waals surface area contributed by atoms with E-state index in [9.17, 15) is 9.59 Å². The summed E-state index contributed by atoms with van der Waals surface area (Å²) in [7, 11) is 0. The summed E-state index contributed by atoms with van der Waals surface area (Å²) in [6.45, 7) is 3.38. The summed E-state index contributed by atoms with van der Waals surface area (Å²) < 4.78 is 0. The molecule has 16 heavy (non-hydrogen) atoms. The Kier molecular flexibility index (Phi) is 2.56. The molecule has 4 heteroatoms. The van der Waals surface area contributed by atoms with E-state index < -0.39 is 0 Å². The standard InChI is InChI=1S/C12H12N2O2/c1-3-8-4-9-6-13-10(7(2)15)5-11(9)14-12(8)16/h4-6H,3H2,1-2H3,(H,14,16). The first-order valence-electron chi connectivity index (χ1n) is 5.14. The Morgan fingerprint density at radius 2 is 2.19 bits per heavy atom. The monoisotopic (exact) mass is 216 g/mol. The van der Waals surface area contributed by atoms with Gasteiger partial charge in [-0.15, -0.1) is 0 Å². The molecule has 2 heterocycles. The van der Waals surface area contributed by atoms with Crippen LogP contribution in [-0.4, -0.2) is 15.8 Å². The van der Waals surface area contributed by atoms with Gasteiger partial charge in [-0.25, -0.2) is 0 Å². The summed E-state index contributed by atoms with van der Waals surface area (Å²) >= 11 is 0. The first-order valence-corrected chi connectivity index (χ1v) is 5.14. The molecule has 4 nitrogen and oxygen atoms in total. The number of nitrogens with zero attached hydrogens (tertiary/aromatic N) is 1. The second-order valence-corrected chi connectivity index (χ2v) is 3.69. The number of ketones is 1. The van der Waals surface area contributed by atoms with Gasteiger partial charge in [0.05, 0.1) is 5.52 Å². The number of carbonyl (C=O) groups excluding carboxylic acids is 1. The molecule has 0 unspecified atom stereocenters. The van der Waals surface area contributed by atoms with E-state index in [-0.39, 0.29) is 11.3 Å². The van der Waals surface area contributed by atoms with Crippen LogP contribution in [0, 0.1) is 0 Å². The molecular weight excluding hydrogens is 204 g/mol. The van der Waals surface area contributed by atoms with Crippen LogP contribution < -0.4 is 5.56 Å². The largest absolute Gasteiger partial charge is 0.322 e. The SMILES string of the molecule is CCc1cc2cnc(C(C)=O)cc2[nH]c1=O. The summed E-state index contributed by atoms with van der Waals surface area (Å²) in [4.78, 5) is 29.5. The van der Waals surface area contributed by atoms with E-state index in [2.05, 4.69) is 9.97 Å². The third-order valence-electron chi connectivity index (χ3n) is 2.55. The maximum atomic E-state index is 11.6. The highest BCUT2D eigenvalue weighted by Crippen LogP contribution is 2.11. The van der Waals surface area contributed by atoms with Crippen molar-refractivity contribution in [2.24, 2.45) is 0 Å². The molecule has 0 amide bonds. The number of rotatable bonds is 2. The van der Waals surface area contributed by atoms with Crippen molar-refractivity contribution in [3.05, 3.63) is 39.9 Å². The number of hydrogen-bond donors (Lipinski definition) is 1. The third kappa shape index (κ3) is 1.74. The van der Waals surface area contributed by atoms with Crippen LogP contribution in [-0.2, 0) is 6.42 Å². The normalized spacial score (nSPS) is 10.6. The average Bonchev–Trinajstić information content (AvgIpc) is 2.27. The summed E-state index contributed by atoms with van der Waals surface area (Å²) in [6, 6.07) is 3.42. The van der Waals surface area contributed by atoms with E-state index >= 15 is 0 Å². The molecule has 0 saturated heterocycles. The number of aromatic nitrogens is 2. The molecule has 0 bridgehead atoms. The highest BCUT2D eigenvalue weighted by atomic mass is 16.1. The summed E-state index contributed by atoms with van der Waals surface area (Å²) in [6.07, 6.45) is 2.29. The second-order valence-electron chi connectivity index (χ2n) is 3.69. The maximum Gasteiger partial charge on any atom is 0.251 e. The van der Waals surface area contributed by atoms with Gasteiger partial charge in [-0.2, -0.15) is 0 Å². The van der Waals surface area contributed by atoms with Gasteiger partial charge in [0.25, 0.3) is 5.56 Å². The number of H-pyrrole nitrogens is 1. The van der Waals surface area contributed by atoms with Gasteiger partial charge >= 0.3 is 0 Å². The molecule has 1 N–H and O–H groups in total. The zero-order chi connectivity index (χ0) is 11.7. The number of hydrogen-bond acceptors (Lipinski definition) is 3. The van der Waals surface area contributed by atoms with Crippen molar-refractivity contribution in [3.63, 3.8) is 0 Å². The summed E-state index contributed by atoms with van der Waals surface area (Å²) in [5.41, 5.74) is 1.65. The van der Waals surface area contributed by atoms with Crippen molar-refractivity contribution in [1.29, 1.82) is 0 Å². The molecule has 82 valence electrons. The predicted molar refractivity (Wildman–Crippen MR) is 61.7 cm³/mol. The van der Waals surface area contributed by atoms with E-state index in [1.165, 1.54) is 6.92 Å². The van der Waals surface area contributed by atoms with Gasteiger partial charge in [-0.1, -0.05) is 6.92 Å². The molecule has 2 aromatic rings. The minimum Gasteiger partial charge on any atom is -0.322 e. The Labute approximate surface area is 92.3 Å². The number of aryl methyl sites for hydroxylation is 1. The van der Waals surface area contributed by atoms with Crippen molar-refractivity contribution in [2.75, 3.05) is 0 Å². The van der Waals surface area contributed by atoms with Crippen LogP contribution >= 0.6 is 0 Å². The number of pyridine rings is 2. The van der Waals surface area contributed by atoms with Crippen LogP contribution in [0.4, 0.5) is 0 Å². The van der Waals surface area contributed by atoms with Crippen molar-refractivity contribution in [2.45, 2.75) is 20.3 Å². The zero-order valence-corrected chi connectivity index (χ0v) is 9.20. The predicted octanol–water partition coefficient (Wildman–Crippen LogP) is 1.69. The van der Waals surface area contributed by atoms with Crippen LogP contribution in [0.5, 0.6) is 0 Å². The fraction of sp³-hybridized carbons (Fsp3) is 0.250. The quantitative estimate of drug-likeness (QED) is 0.777. The van der Waals surface area contributed by atoms with Crippen LogP contribution in [0.1, 0.15) is 29.9 Å². The molecule has 0 aliphatic heterocycles. The molecule has 0 saturated carbocycles. The van der Waals surface area contributed by atoms with Gasteiger partial charge < -0.3 is 4.98 Å². The molecule has 0 radical (unpaired) electrons.